The Morgan fingerprint density at radius 3 is 2.90 bits per heavy atom. The standard InChI is InChI=1S/C15H19NO4S/c1-19-10-5-3-9-4-6-13-14(11(9)7-10)16-12(8-21(13)18)15(17)20-2/h3,5,7,12-14,16H,4,6,8H2,1-2H3. The molecule has 6 heteroatoms. The quantitative estimate of drug-likeness (QED) is 0.824. The summed E-state index contributed by atoms with van der Waals surface area (Å²) < 4.78 is 22.5. The molecule has 4 unspecified atom stereocenters. The zero-order valence-electron chi connectivity index (χ0n) is 12.1. The monoisotopic (exact) mass is 309 g/mol. The smallest absolute Gasteiger partial charge is 0.323 e. The van der Waals surface area contributed by atoms with E-state index in [0.717, 1.165) is 24.2 Å². The van der Waals surface area contributed by atoms with Gasteiger partial charge in [0, 0.05) is 16.8 Å². The number of esters is 1. The van der Waals surface area contributed by atoms with Gasteiger partial charge in [0.25, 0.3) is 0 Å². The molecule has 1 aromatic carbocycles. The molecule has 1 N–H and O–H groups in total. The summed E-state index contributed by atoms with van der Waals surface area (Å²) in [7, 11) is 1.96. The van der Waals surface area contributed by atoms with E-state index >= 15 is 0 Å². The Kier molecular flexibility index (Phi) is 3.99. The van der Waals surface area contributed by atoms with Crippen molar-refractivity contribution < 1.29 is 18.5 Å². The minimum Gasteiger partial charge on any atom is -0.497 e. The van der Waals surface area contributed by atoms with Crippen LogP contribution in [0.4, 0.5) is 0 Å². The average molecular weight is 309 g/mol. The van der Waals surface area contributed by atoms with Crippen molar-refractivity contribution in [1.82, 2.24) is 5.32 Å². The molecule has 1 saturated heterocycles. The van der Waals surface area contributed by atoms with Crippen LogP contribution in [0.25, 0.3) is 0 Å². The molecule has 21 heavy (non-hydrogen) atoms. The summed E-state index contributed by atoms with van der Waals surface area (Å²) in [6.45, 7) is 0. The van der Waals surface area contributed by atoms with Crippen molar-refractivity contribution in [3.63, 3.8) is 0 Å². The lowest BCUT2D eigenvalue weighted by molar-refractivity contribution is -0.142. The number of carbonyl (C=O) groups excluding carboxylic acids is 1. The van der Waals surface area contributed by atoms with E-state index < -0.39 is 16.8 Å². The van der Waals surface area contributed by atoms with Crippen LogP contribution in [0.3, 0.4) is 0 Å². The molecule has 4 atom stereocenters. The summed E-state index contributed by atoms with van der Waals surface area (Å²) in [5.41, 5.74) is 2.32. The van der Waals surface area contributed by atoms with E-state index in [1.54, 1.807) is 7.11 Å². The van der Waals surface area contributed by atoms with Crippen molar-refractivity contribution in [1.29, 1.82) is 0 Å². The number of nitrogens with one attached hydrogen (secondary N) is 1. The highest BCUT2D eigenvalue weighted by Gasteiger charge is 2.42. The van der Waals surface area contributed by atoms with Gasteiger partial charge in [-0.05, 0) is 36.1 Å². The third-order valence-electron chi connectivity index (χ3n) is 4.29. The van der Waals surface area contributed by atoms with Gasteiger partial charge in [0.05, 0.1) is 25.2 Å². The highest BCUT2D eigenvalue weighted by atomic mass is 32.2. The number of rotatable bonds is 2. The van der Waals surface area contributed by atoms with E-state index in [1.807, 2.05) is 12.1 Å². The molecule has 1 heterocycles. The molecule has 1 aliphatic carbocycles. The first-order chi connectivity index (χ1) is 10.1. The second-order valence-electron chi connectivity index (χ2n) is 5.41. The summed E-state index contributed by atoms with van der Waals surface area (Å²) in [5, 5.41) is 3.37. The van der Waals surface area contributed by atoms with Gasteiger partial charge in [0.2, 0.25) is 0 Å². The van der Waals surface area contributed by atoms with Gasteiger partial charge in [-0.3, -0.25) is 14.3 Å². The van der Waals surface area contributed by atoms with Gasteiger partial charge < -0.3 is 9.47 Å². The minimum atomic E-state index is -1.03. The third-order valence-corrected chi connectivity index (χ3v) is 6.14. The van der Waals surface area contributed by atoms with Crippen molar-refractivity contribution in [3.05, 3.63) is 29.3 Å². The van der Waals surface area contributed by atoms with Crippen molar-refractivity contribution in [2.75, 3.05) is 20.0 Å². The Hall–Kier alpha value is -1.40. The second kappa shape index (κ2) is 5.77. The van der Waals surface area contributed by atoms with Gasteiger partial charge in [0.15, 0.2) is 0 Å². The van der Waals surface area contributed by atoms with Crippen LogP contribution in [0.1, 0.15) is 23.6 Å². The maximum absolute atomic E-state index is 12.5. The molecule has 114 valence electrons. The van der Waals surface area contributed by atoms with Crippen molar-refractivity contribution in [3.8, 4) is 5.75 Å². The van der Waals surface area contributed by atoms with Gasteiger partial charge in [-0.25, -0.2) is 0 Å². The van der Waals surface area contributed by atoms with Crippen molar-refractivity contribution >= 4 is 16.8 Å². The average Bonchev–Trinajstić information content (AvgIpc) is 2.53. The zero-order chi connectivity index (χ0) is 15.0. The molecule has 1 fully saturated rings. The molecule has 0 radical (unpaired) electrons. The SMILES string of the molecule is COC(=O)C1CS(=O)C2CCc3ccc(OC)cc3C2N1. The van der Waals surface area contributed by atoms with Gasteiger partial charge in [-0.1, -0.05) is 6.07 Å². The number of hydrogen-bond donors (Lipinski definition) is 1. The van der Waals surface area contributed by atoms with E-state index in [0.29, 0.717) is 5.75 Å². The van der Waals surface area contributed by atoms with Crippen LogP contribution in [-0.4, -0.2) is 41.4 Å². The predicted octanol–water partition coefficient (Wildman–Crippen LogP) is 0.945. The molecule has 0 bridgehead atoms. The molecule has 0 amide bonds. The Morgan fingerprint density at radius 1 is 1.38 bits per heavy atom. The molecule has 1 aliphatic heterocycles. The summed E-state index contributed by atoms with van der Waals surface area (Å²) in [5.74, 6) is 0.756. The highest BCUT2D eigenvalue weighted by Crippen LogP contribution is 2.37. The Bertz CT molecular complexity index is 589. The van der Waals surface area contributed by atoms with Gasteiger partial charge in [0.1, 0.15) is 11.8 Å². The van der Waals surface area contributed by atoms with Crippen molar-refractivity contribution in [2.24, 2.45) is 0 Å². The van der Waals surface area contributed by atoms with E-state index in [1.165, 1.54) is 12.7 Å². The van der Waals surface area contributed by atoms with E-state index in [2.05, 4.69) is 11.4 Å². The maximum atomic E-state index is 12.5. The second-order valence-corrected chi connectivity index (χ2v) is 7.11. The molecule has 5 nitrogen and oxygen atoms in total. The molecule has 2 aliphatic rings. The lowest BCUT2D eigenvalue weighted by atomic mass is 9.86. The van der Waals surface area contributed by atoms with Crippen molar-refractivity contribution in [2.45, 2.75) is 30.2 Å². The first kappa shape index (κ1) is 14.5. The lowest BCUT2D eigenvalue weighted by Gasteiger charge is -2.40. The summed E-state index contributed by atoms with van der Waals surface area (Å²) in [4.78, 5) is 11.8. The Balaban J connectivity index is 1.96. The lowest BCUT2D eigenvalue weighted by Crippen LogP contribution is -2.55. The number of benzene rings is 1. The molecule has 1 aromatic rings. The summed E-state index contributed by atoms with van der Waals surface area (Å²) in [6.07, 6.45) is 1.79. The number of aryl methyl sites for hydroxylation is 1. The topological polar surface area (TPSA) is 64.6 Å². The molecular formula is C15H19NO4S. The normalized spacial score (nSPS) is 31.0. The number of hydrogen-bond acceptors (Lipinski definition) is 5. The van der Waals surface area contributed by atoms with Gasteiger partial charge in [-0.2, -0.15) is 0 Å². The number of ether oxygens (including phenoxy) is 2. The first-order valence-electron chi connectivity index (χ1n) is 7.02. The predicted molar refractivity (Wildman–Crippen MR) is 79.8 cm³/mol. The fraction of sp³-hybridized carbons (Fsp3) is 0.533. The Morgan fingerprint density at radius 2 is 2.19 bits per heavy atom. The first-order valence-corrected chi connectivity index (χ1v) is 8.40. The maximum Gasteiger partial charge on any atom is 0.323 e. The molecule has 0 aromatic heterocycles. The van der Waals surface area contributed by atoms with Crippen LogP contribution in [0.2, 0.25) is 0 Å². The summed E-state index contributed by atoms with van der Waals surface area (Å²) in [6, 6.07) is 5.39. The van der Waals surface area contributed by atoms with Gasteiger partial charge in [-0.15, -0.1) is 0 Å². The Labute approximate surface area is 126 Å². The van der Waals surface area contributed by atoms with Crippen LogP contribution in [0, 0.1) is 0 Å². The molecule has 0 saturated carbocycles. The number of methoxy groups -OCH3 is 2. The van der Waals surface area contributed by atoms with E-state index in [9.17, 15) is 9.00 Å². The molecular weight excluding hydrogens is 290 g/mol. The molecule has 3 rings (SSSR count). The minimum absolute atomic E-state index is 0.0468. The van der Waals surface area contributed by atoms with Crippen LogP contribution >= 0.6 is 0 Å². The summed E-state index contributed by atoms with van der Waals surface area (Å²) >= 11 is 0. The van der Waals surface area contributed by atoms with Crippen LogP contribution in [0.15, 0.2) is 18.2 Å². The van der Waals surface area contributed by atoms with Crippen LogP contribution < -0.4 is 10.1 Å². The zero-order valence-corrected chi connectivity index (χ0v) is 12.9. The molecule has 0 spiro atoms. The van der Waals surface area contributed by atoms with E-state index in [4.69, 9.17) is 9.47 Å². The van der Waals surface area contributed by atoms with E-state index in [-0.39, 0.29) is 17.3 Å². The fourth-order valence-corrected chi connectivity index (χ4v) is 4.91. The number of fused-ring (bicyclic) bond motifs is 3. The fourth-order valence-electron chi connectivity index (χ4n) is 3.19. The van der Waals surface area contributed by atoms with Crippen LogP contribution in [0.5, 0.6) is 5.75 Å². The van der Waals surface area contributed by atoms with Gasteiger partial charge >= 0.3 is 5.97 Å². The number of carbonyl (C=O) groups is 1. The third kappa shape index (κ3) is 2.58. The highest BCUT2D eigenvalue weighted by molar-refractivity contribution is 7.85. The van der Waals surface area contributed by atoms with Crippen LogP contribution in [-0.2, 0) is 26.8 Å². The largest absolute Gasteiger partial charge is 0.497 e.